The second-order valence-corrected chi connectivity index (χ2v) is 5.91. The minimum absolute atomic E-state index is 0.211. The molecular weight excluding hydrogens is 281 g/mol. The largest absolute Gasteiger partial charge is 0.325 e. The zero-order chi connectivity index (χ0) is 14.7. The number of hydrogen-bond donors (Lipinski definition) is 1. The quantitative estimate of drug-likeness (QED) is 0.737. The van der Waals surface area contributed by atoms with E-state index in [0.717, 1.165) is 17.0 Å². The molecule has 0 saturated carbocycles. The third-order valence-corrected chi connectivity index (χ3v) is 4.21. The fraction of sp³-hybridized carbons (Fsp3) is 0.111. The van der Waals surface area contributed by atoms with Crippen LogP contribution in [-0.2, 0) is 0 Å². The molecule has 0 fully saturated rings. The standard InChI is InChI=1S/C18H16FNS/c1-13-6-11-18(17(12-13)14-4-2-3-5-14)20-21-16-9-7-15(19)8-10-16/h2-4,6-12,20H,5H2,1H3. The van der Waals surface area contributed by atoms with Crippen molar-refractivity contribution in [3.63, 3.8) is 0 Å². The van der Waals surface area contributed by atoms with Gasteiger partial charge in [0.2, 0.25) is 0 Å². The van der Waals surface area contributed by atoms with Crippen LogP contribution < -0.4 is 4.72 Å². The molecule has 106 valence electrons. The highest BCUT2D eigenvalue weighted by Crippen LogP contribution is 2.33. The van der Waals surface area contributed by atoms with Gasteiger partial charge < -0.3 is 4.72 Å². The number of benzene rings is 2. The van der Waals surface area contributed by atoms with Crippen molar-refractivity contribution in [2.24, 2.45) is 0 Å². The number of rotatable bonds is 4. The van der Waals surface area contributed by atoms with E-state index < -0.39 is 0 Å². The maximum Gasteiger partial charge on any atom is 0.123 e. The Kier molecular flexibility index (Phi) is 4.11. The van der Waals surface area contributed by atoms with Gasteiger partial charge in [-0.25, -0.2) is 4.39 Å². The van der Waals surface area contributed by atoms with E-state index in [1.165, 1.54) is 40.8 Å². The number of hydrogen-bond acceptors (Lipinski definition) is 2. The van der Waals surface area contributed by atoms with Gasteiger partial charge in [-0.1, -0.05) is 29.9 Å². The first-order valence-electron chi connectivity index (χ1n) is 6.87. The van der Waals surface area contributed by atoms with Gasteiger partial charge in [0.1, 0.15) is 5.82 Å². The Hall–Kier alpha value is -2.00. The Labute approximate surface area is 128 Å². The second-order valence-electron chi connectivity index (χ2n) is 5.03. The van der Waals surface area contributed by atoms with E-state index in [2.05, 4.69) is 48.1 Å². The summed E-state index contributed by atoms with van der Waals surface area (Å²) >= 11 is 1.50. The van der Waals surface area contributed by atoms with Crippen molar-refractivity contribution < 1.29 is 4.39 Å². The molecule has 1 nitrogen and oxygen atoms in total. The first-order chi connectivity index (χ1) is 10.2. The minimum atomic E-state index is -0.211. The van der Waals surface area contributed by atoms with E-state index in [1.54, 1.807) is 12.1 Å². The molecule has 0 heterocycles. The second kappa shape index (κ2) is 6.19. The lowest BCUT2D eigenvalue weighted by molar-refractivity contribution is 0.626. The van der Waals surface area contributed by atoms with E-state index in [9.17, 15) is 4.39 Å². The zero-order valence-corrected chi connectivity index (χ0v) is 12.6. The summed E-state index contributed by atoms with van der Waals surface area (Å²) in [7, 11) is 0. The van der Waals surface area contributed by atoms with Crippen molar-refractivity contribution in [2.75, 3.05) is 4.72 Å². The molecule has 1 N–H and O–H groups in total. The van der Waals surface area contributed by atoms with E-state index in [0.29, 0.717) is 0 Å². The van der Waals surface area contributed by atoms with Crippen LogP contribution in [0, 0.1) is 12.7 Å². The van der Waals surface area contributed by atoms with Gasteiger partial charge in [-0.3, -0.25) is 0 Å². The molecule has 0 spiro atoms. The Morgan fingerprint density at radius 3 is 2.62 bits per heavy atom. The molecular formula is C18H16FNS. The van der Waals surface area contributed by atoms with Crippen molar-refractivity contribution in [1.29, 1.82) is 0 Å². The monoisotopic (exact) mass is 297 g/mol. The molecule has 0 amide bonds. The lowest BCUT2D eigenvalue weighted by Crippen LogP contribution is -1.94. The fourth-order valence-corrected chi connectivity index (χ4v) is 2.95. The molecule has 3 heteroatoms. The Balaban J connectivity index is 1.80. The average molecular weight is 297 g/mol. The summed E-state index contributed by atoms with van der Waals surface area (Å²) in [5.41, 5.74) is 4.88. The highest BCUT2D eigenvalue weighted by molar-refractivity contribution is 8.00. The molecule has 0 unspecified atom stereocenters. The number of aryl methyl sites for hydroxylation is 1. The molecule has 1 aliphatic rings. The van der Waals surface area contributed by atoms with Crippen molar-refractivity contribution in [3.8, 4) is 0 Å². The number of anilines is 1. The summed E-state index contributed by atoms with van der Waals surface area (Å²) in [6.45, 7) is 2.10. The van der Waals surface area contributed by atoms with Crippen LogP contribution in [0.15, 0.2) is 65.6 Å². The molecule has 0 radical (unpaired) electrons. The van der Waals surface area contributed by atoms with Gasteiger partial charge >= 0.3 is 0 Å². The summed E-state index contributed by atoms with van der Waals surface area (Å²) < 4.78 is 16.3. The number of nitrogens with one attached hydrogen (secondary N) is 1. The third-order valence-electron chi connectivity index (χ3n) is 3.38. The maximum absolute atomic E-state index is 12.9. The number of halogens is 1. The molecule has 3 rings (SSSR count). The first kappa shape index (κ1) is 14.0. The number of allylic oxidation sites excluding steroid dienone is 4. The fourth-order valence-electron chi connectivity index (χ4n) is 2.28. The molecule has 0 saturated heterocycles. The molecule has 0 aliphatic heterocycles. The molecule has 1 aliphatic carbocycles. The van der Waals surface area contributed by atoms with Crippen LogP contribution in [-0.4, -0.2) is 0 Å². The first-order valence-corrected chi connectivity index (χ1v) is 7.69. The van der Waals surface area contributed by atoms with E-state index in [4.69, 9.17) is 0 Å². The topological polar surface area (TPSA) is 12.0 Å². The van der Waals surface area contributed by atoms with Gasteiger partial charge in [-0.2, -0.15) is 0 Å². The van der Waals surface area contributed by atoms with E-state index in [-0.39, 0.29) is 5.82 Å². The van der Waals surface area contributed by atoms with Crippen molar-refractivity contribution in [1.82, 2.24) is 0 Å². The van der Waals surface area contributed by atoms with Crippen LogP contribution in [0.4, 0.5) is 10.1 Å². The summed E-state index contributed by atoms with van der Waals surface area (Å²) in [6, 6.07) is 12.9. The SMILES string of the molecule is Cc1ccc(NSc2ccc(F)cc2)c(C2=CC=CC2)c1. The predicted octanol–water partition coefficient (Wildman–Crippen LogP) is 5.60. The van der Waals surface area contributed by atoms with Crippen LogP contribution >= 0.6 is 11.9 Å². The van der Waals surface area contributed by atoms with Crippen molar-refractivity contribution in [3.05, 3.63) is 77.6 Å². The summed E-state index contributed by atoms with van der Waals surface area (Å²) in [6.07, 6.45) is 7.38. The Bertz CT molecular complexity index is 702. The average Bonchev–Trinajstić information content (AvgIpc) is 3.02. The van der Waals surface area contributed by atoms with Crippen LogP contribution in [0.3, 0.4) is 0 Å². The molecule has 2 aromatic rings. The molecule has 0 atom stereocenters. The van der Waals surface area contributed by atoms with Crippen LogP contribution in [0.25, 0.3) is 5.57 Å². The lowest BCUT2D eigenvalue weighted by atomic mass is 10.0. The predicted molar refractivity (Wildman–Crippen MR) is 88.8 cm³/mol. The van der Waals surface area contributed by atoms with Crippen LogP contribution in [0.2, 0.25) is 0 Å². The lowest BCUT2D eigenvalue weighted by Gasteiger charge is -2.13. The van der Waals surface area contributed by atoms with Crippen molar-refractivity contribution >= 4 is 23.2 Å². The van der Waals surface area contributed by atoms with Gasteiger partial charge in [0.05, 0.1) is 5.69 Å². The smallest absolute Gasteiger partial charge is 0.123 e. The zero-order valence-electron chi connectivity index (χ0n) is 11.8. The Morgan fingerprint density at radius 1 is 1.10 bits per heavy atom. The molecule has 2 aromatic carbocycles. The van der Waals surface area contributed by atoms with E-state index >= 15 is 0 Å². The molecule has 0 bridgehead atoms. The highest BCUT2D eigenvalue weighted by atomic mass is 32.2. The molecule has 0 aromatic heterocycles. The van der Waals surface area contributed by atoms with Gasteiger partial charge in [0.25, 0.3) is 0 Å². The maximum atomic E-state index is 12.9. The van der Waals surface area contributed by atoms with Crippen LogP contribution in [0.1, 0.15) is 17.5 Å². The summed E-state index contributed by atoms with van der Waals surface area (Å²) in [5, 5.41) is 0. The Morgan fingerprint density at radius 2 is 1.90 bits per heavy atom. The highest BCUT2D eigenvalue weighted by Gasteiger charge is 2.09. The third kappa shape index (κ3) is 3.37. The van der Waals surface area contributed by atoms with Gasteiger partial charge in [0.15, 0.2) is 0 Å². The minimum Gasteiger partial charge on any atom is -0.325 e. The summed E-state index contributed by atoms with van der Waals surface area (Å²) in [5.74, 6) is -0.211. The summed E-state index contributed by atoms with van der Waals surface area (Å²) in [4.78, 5) is 0.987. The van der Waals surface area contributed by atoms with Crippen LogP contribution in [0.5, 0.6) is 0 Å². The van der Waals surface area contributed by atoms with Gasteiger partial charge in [-0.05, 0) is 67.3 Å². The normalized spacial score (nSPS) is 13.3. The van der Waals surface area contributed by atoms with Crippen molar-refractivity contribution in [2.45, 2.75) is 18.2 Å². The molecule has 21 heavy (non-hydrogen) atoms. The van der Waals surface area contributed by atoms with E-state index in [1.807, 2.05) is 0 Å². The van der Waals surface area contributed by atoms with Gasteiger partial charge in [0, 0.05) is 10.5 Å². The van der Waals surface area contributed by atoms with Gasteiger partial charge in [-0.15, -0.1) is 0 Å².